The van der Waals surface area contributed by atoms with Crippen molar-refractivity contribution >= 4 is 16.9 Å². The lowest BCUT2D eigenvalue weighted by molar-refractivity contribution is -0.146. The standard InChI is InChI=1S/C31H39N3O2/c1-21-7-5-10-28(22(21)2)36-14-6-13-34-27-9-4-3-8-26(27)33-29(34)11-12-32-30(35)31-18-23-15-24(19-31)17-25(16-23)20-31/h3-5,7-10,23-25H,6,11-20H2,1-2H3,(H,32,35). The summed E-state index contributed by atoms with van der Waals surface area (Å²) >= 11 is 0. The first-order valence-electron chi connectivity index (χ1n) is 13.9. The molecule has 3 aromatic rings. The molecule has 1 aromatic heterocycles. The van der Waals surface area contributed by atoms with Gasteiger partial charge in [0.2, 0.25) is 5.91 Å². The fraction of sp³-hybridized carbons (Fsp3) is 0.548. The van der Waals surface area contributed by atoms with Crippen molar-refractivity contribution in [2.24, 2.45) is 23.2 Å². The second kappa shape index (κ2) is 9.57. The van der Waals surface area contributed by atoms with Crippen molar-refractivity contribution in [3.8, 4) is 5.75 Å². The van der Waals surface area contributed by atoms with E-state index in [0.717, 1.165) is 79.0 Å². The van der Waals surface area contributed by atoms with Crippen molar-refractivity contribution in [2.45, 2.75) is 71.8 Å². The molecule has 4 saturated carbocycles. The molecule has 0 atom stereocenters. The average Bonchev–Trinajstić information content (AvgIpc) is 3.20. The molecule has 5 nitrogen and oxygen atoms in total. The molecule has 4 aliphatic carbocycles. The first-order chi connectivity index (χ1) is 17.5. The number of imidazole rings is 1. The molecule has 0 spiro atoms. The minimum atomic E-state index is -0.0832. The van der Waals surface area contributed by atoms with Crippen molar-refractivity contribution in [1.29, 1.82) is 0 Å². The van der Waals surface area contributed by atoms with Crippen molar-refractivity contribution in [3.63, 3.8) is 0 Å². The number of carbonyl (C=O) groups is 1. The maximum Gasteiger partial charge on any atom is 0.226 e. The highest BCUT2D eigenvalue weighted by molar-refractivity contribution is 5.83. The number of carbonyl (C=O) groups excluding carboxylic acids is 1. The van der Waals surface area contributed by atoms with Gasteiger partial charge in [0.15, 0.2) is 0 Å². The first-order valence-corrected chi connectivity index (χ1v) is 13.9. The van der Waals surface area contributed by atoms with Gasteiger partial charge in [-0.25, -0.2) is 4.98 Å². The Morgan fingerprint density at radius 3 is 2.50 bits per heavy atom. The molecule has 4 aliphatic rings. The number of nitrogens with one attached hydrogen (secondary N) is 1. The van der Waals surface area contributed by atoms with Crippen molar-refractivity contribution in [1.82, 2.24) is 14.9 Å². The molecule has 0 radical (unpaired) electrons. The summed E-state index contributed by atoms with van der Waals surface area (Å²) in [5.74, 6) is 4.70. The maximum absolute atomic E-state index is 13.4. The average molecular weight is 486 g/mol. The Morgan fingerprint density at radius 1 is 1.03 bits per heavy atom. The number of amides is 1. The fourth-order valence-corrected chi connectivity index (χ4v) is 7.72. The minimum absolute atomic E-state index is 0.0832. The van der Waals surface area contributed by atoms with Gasteiger partial charge in [0.1, 0.15) is 11.6 Å². The Balaban J connectivity index is 1.08. The van der Waals surface area contributed by atoms with Crippen molar-refractivity contribution < 1.29 is 9.53 Å². The lowest BCUT2D eigenvalue weighted by Crippen LogP contribution is -2.53. The van der Waals surface area contributed by atoms with Crippen LogP contribution >= 0.6 is 0 Å². The molecule has 4 bridgehead atoms. The molecule has 1 N–H and O–H groups in total. The van der Waals surface area contributed by atoms with Crippen LogP contribution in [0.5, 0.6) is 5.75 Å². The highest BCUT2D eigenvalue weighted by Gasteiger charge is 2.54. The van der Waals surface area contributed by atoms with Crippen LogP contribution in [0.1, 0.15) is 61.9 Å². The largest absolute Gasteiger partial charge is 0.493 e. The summed E-state index contributed by atoms with van der Waals surface area (Å²) in [4.78, 5) is 18.3. The summed E-state index contributed by atoms with van der Waals surface area (Å²) in [7, 11) is 0. The number of benzene rings is 2. The molecule has 0 aliphatic heterocycles. The first kappa shape index (κ1) is 23.6. The van der Waals surface area contributed by atoms with Crippen LogP contribution in [0, 0.1) is 37.0 Å². The smallest absolute Gasteiger partial charge is 0.226 e. The highest BCUT2D eigenvalue weighted by atomic mass is 16.5. The quantitative estimate of drug-likeness (QED) is 0.378. The molecule has 7 rings (SSSR count). The van der Waals surface area contributed by atoms with Gasteiger partial charge in [0.25, 0.3) is 0 Å². The number of fused-ring (bicyclic) bond motifs is 1. The molecule has 4 fully saturated rings. The molecule has 36 heavy (non-hydrogen) atoms. The van der Waals surface area contributed by atoms with Crippen LogP contribution in [0.15, 0.2) is 42.5 Å². The van der Waals surface area contributed by atoms with Crippen LogP contribution in [-0.2, 0) is 17.8 Å². The van der Waals surface area contributed by atoms with E-state index in [0.29, 0.717) is 19.1 Å². The van der Waals surface area contributed by atoms with Crippen LogP contribution in [0.3, 0.4) is 0 Å². The zero-order valence-corrected chi connectivity index (χ0v) is 21.8. The number of rotatable bonds is 9. The van der Waals surface area contributed by atoms with Gasteiger partial charge in [-0.05, 0) is 106 Å². The van der Waals surface area contributed by atoms with E-state index in [1.165, 1.54) is 30.4 Å². The van der Waals surface area contributed by atoms with E-state index in [1.807, 2.05) is 12.1 Å². The molecule has 0 saturated heterocycles. The number of ether oxygens (including phenoxy) is 1. The van der Waals surface area contributed by atoms with E-state index < -0.39 is 0 Å². The highest BCUT2D eigenvalue weighted by Crippen LogP contribution is 2.60. The second-order valence-corrected chi connectivity index (χ2v) is 11.8. The zero-order chi connectivity index (χ0) is 24.7. The van der Waals surface area contributed by atoms with Crippen LogP contribution in [-0.4, -0.2) is 28.6 Å². The molecule has 2 aromatic carbocycles. The van der Waals surface area contributed by atoms with Gasteiger partial charge < -0.3 is 14.6 Å². The normalized spacial score (nSPS) is 26.4. The third-order valence-electron chi connectivity index (χ3n) is 9.23. The molecular weight excluding hydrogens is 446 g/mol. The van der Waals surface area contributed by atoms with Gasteiger partial charge in [0.05, 0.1) is 17.6 Å². The maximum atomic E-state index is 13.4. The summed E-state index contributed by atoms with van der Waals surface area (Å²) in [6, 6.07) is 14.6. The molecule has 5 heteroatoms. The molecule has 190 valence electrons. The van der Waals surface area contributed by atoms with E-state index >= 15 is 0 Å². The lowest BCUT2D eigenvalue weighted by Gasteiger charge is -2.55. The Hall–Kier alpha value is -2.82. The van der Waals surface area contributed by atoms with Crippen LogP contribution < -0.4 is 10.1 Å². The van der Waals surface area contributed by atoms with Gasteiger partial charge in [-0.3, -0.25) is 4.79 Å². The van der Waals surface area contributed by atoms with Gasteiger partial charge in [-0.15, -0.1) is 0 Å². The van der Waals surface area contributed by atoms with Crippen molar-refractivity contribution in [2.75, 3.05) is 13.2 Å². The third-order valence-corrected chi connectivity index (χ3v) is 9.23. The number of hydrogen-bond donors (Lipinski definition) is 1. The third kappa shape index (κ3) is 4.42. The fourth-order valence-electron chi connectivity index (χ4n) is 7.72. The number of aryl methyl sites for hydroxylation is 2. The summed E-state index contributed by atoms with van der Waals surface area (Å²) in [6.45, 7) is 6.41. The second-order valence-electron chi connectivity index (χ2n) is 11.8. The summed E-state index contributed by atoms with van der Waals surface area (Å²) in [6.07, 6.45) is 9.10. The molecule has 0 unspecified atom stereocenters. The Bertz CT molecular complexity index is 1220. The van der Waals surface area contributed by atoms with Gasteiger partial charge in [-0.2, -0.15) is 0 Å². The Kier molecular flexibility index (Phi) is 6.27. The zero-order valence-electron chi connectivity index (χ0n) is 21.8. The summed E-state index contributed by atoms with van der Waals surface area (Å²) < 4.78 is 8.42. The summed E-state index contributed by atoms with van der Waals surface area (Å²) in [5.41, 5.74) is 4.56. The van der Waals surface area contributed by atoms with Crippen molar-refractivity contribution in [3.05, 3.63) is 59.4 Å². The van der Waals surface area contributed by atoms with Gasteiger partial charge in [-0.1, -0.05) is 24.3 Å². The van der Waals surface area contributed by atoms with Crippen LogP contribution in [0.4, 0.5) is 0 Å². The molecule has 1 heterocycles. The number of hydrogen-bond acceptors (Lipinski definition) is 3. The van der Waals surface area contributed by atoms with E-state index in [4.69, 9.17) is 9.72 Å². The SMILES string of the molecule is Cc1cccc(OCCCn2c(CCNC(=O)C34CC5CC(CC(C5)C3)C4)nc3ccccc32)c1C. The van der Waals surface area contributed by atoms with Crippen LogP contribution in [0.25, 0.3) is 11.0 Å². The monoisotopic (exact) mass is 485 g/mol. The van der Waals surface area contributed by atoms with Gasteiger partial charge in [0, 0.05) is 24.9 Å². The predicted molar refractivity (Wildman–Crippen MR) is 143 cm³/mol. The molecular formula is C31H39N3O2. The number of aromatic nitrogens is 2. The predicted octanol–water partition coefficient (Wildman–Crippen LogP) is 6.00. The molecule has 1 amide bonds. The Labute approximate surface area is 214 Å². The van der Waals surface area contributed by atoms with E-state index in [9.17, 15) is 4.79 Å². The topological polar surface area (TPSA) is 56.1 Å². The number of nitrogens with zero attached hydrogens (tertiary/aromatic N) is 2. The lowest BCUT2D eigenvalue weighted by atomic mass is 9.49. The van der Waals surface area contributed by atoms with Gasteiger partial charge >= 0.3 is 0 Å². The number of para-hydroxylation sites is 2. The van der Waals surface area contributed by atoms with E-state index in [1.54, 1.807) is 0 Å². The summed E-state index contributed by atoms with van der Waals surface area (Å²) in [5, 5.41) is 3.34. The van der Waals surface area contributed by atoms with Crippen LogP contribution in [0.2, 0.25) is 0 Å². The Morgan fingerprint density at radius 2 is 1.75 bits per heavy atom. The van der Waals surface area contributed by atoms with E-state index in [2.05, 4.69) is 54.1 Å². The van der Waals surface area contributed by atoms with E-state index in [-0.39, 0.29) is 5.41 Å². The minimum Gasteiger partial charge on any atom is -0.493 e.